The third-order valence-electron chi connectivity index (χ3n) is 6.87. The number of phenolic OH excluding ortho intramolecular Hbond substituents is 1. The van der Waals surface area contributed by atoms with Crippen molar-refractivity contribution in [2.24, 2.45) is 0 Å². The molecular weight excluding hydrogens is 597 g/mol. The van der Waals surface area contributed by atoms with E-state index in [1.54, 1.807) is 36.4 Å². The van der Waals surface area contributed by atoms with Crippen LogP contribution in [0.25, 0.3) is 17.0 Å². The van der Waals surface area contributed by atoms with Crippen LogP contribution in [0.3, 0.4) is 0 Å². The number of piperazine rings is 1. The van der Waals surface area contributed by atoms with Gasteiger partial charge in [-0.15, -0.1) is 24.8 Å². The highest BCUT2D eigenvalue weighted by Gasteiger charge is 2.32. The number of aromatic hydroxyl groups is 1. The van der Waals surface area contributed by atoms with Gasteiger partial charge in [0.15, 0.2) is 5.76 Å². The number of para-hydroxylation sites is 1. The van der Waals surface area contributed by atoms with Gasteiger partial charge in [0.2, 0.25) is 5.78 Å². The highest BCUT2D eigenvalue weighted by molar-refractivity contribution is 7.90. The number of allylic oxidation sites excluding steroid dienone is 1. The zero-order valence-electron chi connectivity index (χ0n) is 21.0. The van der Waals surface area contributed by atoms with Crippen LogP contribution >= 0.6 is 36.4 Å². The van der Waals surface area contributed by atoms with Crippen molar-refractivity contribution in [3.8, 4) is 11.5 Å². The number of fused-ring (bicyclic) bond motifs is 2. The highest BCUT2D eigenvalue weighted by Crippen LogP contribution is 2.41. The lowest BCUT2D eigenvalue weighted by Gasteiger charge is -2.27. The summed E-state index contributed by atoms with van der Waals surface area (Å²) in [4.78, 5) is 15.6. The molecule has 0 radical (unpaired) electrons. The van der Waals surface area contributed by atoms with Crippen LogP contribution in [0.15, 0.2) is 77.5 Å². The van der Waals surface area contributed by atoms with Gasteiger partial charge in [0, 0.05) is 54.9 Å². The molecule has 12 heteroatoms. The first-order chi connectivity index (χ1) is 18.3. The largest absolute Gasteiger partial charge is 0.507 e. The Bertz CT molecular complexity index is 1710. The van der Waals surface area contributed by atoms with E-state index in [1.807, 2.05) is 0 Å². The summed E-state index contributed by atoms with van der Waals surface area (Å²) in [5, 5.41) is 15.0. The van der Waals surface area contributed by atoms with Crippen molar-refractivity contribution >= 4 is 69.2 Å². The number of aromatic nitrogens is 1. The Balaban J connectivity index is 0.00000185. The van der Waals surface area contributed by atoms with Crippen molar-refractivity contribution in [2.75, 3.05) is 26.2 Å². The first kappa shape index (κ1) is 29.9. The summed E-state index contributed by atoms with van der Waals surface area (Å²) >= 11 is 5.95. The maximum Gasteiger partial charge on any atom is 0.268 e. The third kappa shape index (κ3) is 5.33. The molecule has 0 amide bonds. The van der Waals surface area contributed by atoms with Gasteiger partial charge in [-0.2, -0.15) is 0 Å². The van der Waals surface area contributed by atoms with Gasteiger partial charge in [-0.05, 0) is 48.5 Å². The molecular formula is C28H26Cl3N3O5S. The van der Waals surface area contributed by atoms with Crippen LogP contribution in [-0.4, -0.2) is 54.4 Å². The number of hydrogen-bond donors (Lipinski definition) is 2. The predicted octanol–water partition coefficient (Wildman–Crippen LogP) is 5.10. The fourth-order valence-corrected chi connectivity index (χ4v) is 6.40. The number of benzene rings is 3. The summed E-state index contributed by atoms with van der Waals surface area (Å²) in [5.74, 6) is 0.164. The lowest BCUT2D eigenvalue weighted by Crippen LogP contribution is -2.42. The number of nitrogens with one attached hydrogen (secondary N) is 1. The van der Waals surface area contributed by atoms with Gasteiger partial charge in [0.1, 0.15) is 11.5 Å². The predicted molar refractivity (Wildman–Crippen MR) is 160 cm³/mol. The maximum absolute atomic E-state index is 13.5. The van der Waals surface area contributed by atoms with Crippen LogP contribution in [0.1, 0.15) is 21.5 Å². The summed E-state index contributed by atoms with van der Waals surface area (Å²) in [6.45, 7) is 3.80. The summed E-state index contributed by atoms with van der Waals surface area (Å²) in [5.41, 5.74) is 1.92. The Morgan fingerprint density at radius 3 is 2.42 bits per heavy atom. The lowest BCUT2D eigenvalue weighted by molar-refractivity contribution is 0.101. The standard InChI is InChI=1S/C28H24ClN3O5S.2ClH/c29-19-5-7-20(8-6-19)38(35,36)32-16-18(21-3-1-2-4-24(21)32)15-26-27(34)22-9-10-25(33)23(28(22)37-26)17-31-13-11-30-12-14-31;;/h1-10,15-16,30,33H,11-14,17H2;2*1H/b26-15-;;. The maximum atomic E-state index is 13.5. The number of Topliss-reactive ketones (excluding diaryl/α,β-unsaturated/α-hetero) is 1. The van der Waals surface area contributed by atoms with Crippen LogP contribution in [-0.2, 0) is 16.6 Å². The van der Waals surface area contributed by atoms with Gasteiger partial charge < -0.3 is 15.2 Å². The number of ketones is 1. The van der Waals surface area contributed by atoms with Gasteiger partial charge in [-0.25, -0.2) is 12.4 Å². The second-order valence-corrected chi connectivity index (χ2v) is 11.5. The van der Waals surface area contributed by atoms with Crippen molar-refractivity contribution in [3.63, 3.8) is 0 Å². The number of hydrogen-bond acceptors (Lipinski definition) is 7. The zero-order valence-corrected chi connectivity index (χ0v) is 24.2. The SMILES string of the molecule is Cl.Cl.O=C1/C(=C/c2cn(S(=O)(=O)c3ccc(Cl)cc3)c3ccccc23)Oc2c1ccc(O)c2CN1CCNCC1. The molecule has 1 fully saturated rings. The molecule has 1 saturated heterocycles. The fourth-order valence-electron chi connectivity index (χ4n) is 4.89. The molecule has 4 aromatic rings. The second-order valence-electron chi connectivity index (χ2n) is 9.26. The number of nitrogens with zero attached hydrogens (tertiary/aromatic N) is 2. The molecule has 0 spiro atoms. The first-order valence-corrected chi connectivity index (χ1v) is 14.0. The van der Waals surface area contributed by atoms with E-state index in [0.717, 1.165) is 26.2 Å². The minimum absolute atomic E-state index is 0. The molecule has 3 aromatic carbocycles. The van der Waals surface area contributed by atoms with Crippen molar-refractivity contribution in [1.82, 2.24) is 14.2 Å². The van der Waals surface area contributed by atoms with Crippen molar-refractivity contribution in [2.45, 2.75) is 11.4 Å². The van der Waals surface area contributed by atoms with Crippen LogP contribution in [0.4, 0.5) is 0 Å². The molecule has 3 heterocycles. The molecule has 8 nitrogen and oxygen atoms in total. The number of ether oxygens (including phenoxy) is 1. The number of carbonyl (C=O) groups is 1. The molecule has 2 N–H and O–H groups in total. The van der Waals surface area contributed by atoms with Gasteiger partial charge in [0.05, 0.1) is 21.5 Å². The van der Waals surface area contributed by atoms with Crippen molar-refractivity contribution in [3.05, 3.63) is 94.3 Å². The van der Waals surface area contributed by atoms with E-state index in [9.17, 15) is 18.3 Å². The summed E-state index contributed by atoms with van der Waals surface area (Å²) < 4.78 is 34.2. The van der Waals surface area contributed by atoms with Gasteiger partial charge in [0.25, 0.3) is 10.0 Å². The Labute approximate surface area is 249 Å². The molecule has 2 aliphatic heterocycles. The first-order valence-electron chi connectivity index (χ1n) is 12.2. The van der Waals surface area contributed by atoms with Gasteiger partial charge >= 0.3 is 0 Å². The summed E-state index contributed by atoms with van der Waals surface area (Å²) in [7, 11) is -3.93. The molecule has 0 atom stereocenters. The molecule has 0 saturated carbocycles. The Morgan fingerprint density at radius 1 is 1.00 bits per heavy atom. The molecule has 210 valence electrons. The minimum atomic E-state index is -3.93. The van der Waals surface area contributed by atoms with Crippen molar-refractivity contribution < 1.29 is 23.1 Å². The normalized spacial score (nSPS) is 16.3. The molecule has 0 bridgehead atoms. The average molecular weight is 623 g/mol. The quantitative estimate of drug-likeness (QED) is 0.299. The van der Waals surface area contributed by atoms with E-state index in [2.05, 4.69) is 10.2 Å². The Hall–Kier alpha value is -3.05. The van der Waals surface area contributed by atoms with Crippen LogP contribution in [0.5, 0.6) is 11.5 Å². The topological polar surface area (TPSA) is 101 Å². The third-order valence-corrected chi connectivity index (χ3v) is 8.81. The number of rotatable bonds is 5. The lowest BCUT2D eigenvalue weighted by atomic mass is 10.0. The molecule has 6 rings (SSSR count). The van der Waals surface area contributed by atoms with Crippen LogP contribution in [0, 0.1) is 0 Å². The molecule has 1 aromatic heterocycles. The number of halogens is 3. The Kier molecular flexibility index (Phi) is 8.84. The minimum Gasteiger partial charge on any atom is -0.507 e. The average Bonchev–Trinajstić information content (AvgIpc) is 3.45. The van der Waals surface area contributed by atoms with E-state index in [4.69, 9.17) is 16.3 Å². The van der Waals surface area contributed by atoms with Gasteiger partial charge in [-0.3, -0.25) is 9.69 Å². The number of phenols is 1. The van der Waals surface area contributed by atoms with Gasteiger partial charge in [-0.1, -0.05) is 29.8 Å². The smallest absolute Gasteiger partial charge is 0.268 e. The van der Waals surface area contributed by atoms with Crippen LogP contribution in [0.2, 0.25) is 5.02 Å². The molecule has 2 aliphatic rings. The second kappa shape index (κ2) is 11.8. The van der Waals surface area contributed by atoms with E-state index < -0.39 is 10.0 Å². The molecule has 0 unspecified atom stereocenters. The number of carbonyl (C=O) groups excluding carboxylic acids is 1. The Morgan fingerprint density at radius 2 is 1.70 bits per heavy atom. The van der Waals surface area contributed by atoms with Crippen molar-refractivity contribution in [1.29, 1.82) is 0 Å². The fraction of sp³-hybridized carbons (Fsp3) is 0.179. The van der Waals surface area contributed by atoms with E-state index in [1.165, 1.54) is 40.5 Å². The summed E-state index contributed by atoms with van der Waals surface area (Å²) in [6.07, 6.45) is 3.05. The van der Waals surface area contributed by atoms with E-state index in [-0.39, 0.29) is 47.0 Å². The van der Waals surface area contributed by atoms with Crippen LogP contribution < -0.4 is 10.1 Å². The summed E-state index contributed by atoms with van der Waals surface area (Å²) in [6, 6.07) is 16.1. The molecule has 0 aliphatic carbocycles. The monoisotopic (exact) mass is 621 g/mol. The highest BCUT2D eigenvalue weighted by atomic mass is 35.5. The molecule has 40 heavy (non-hydrogen) atoms. The van der Waals surface area contributed by atoms with E-state index in [0.29, 0.717) is 44.9 Å². The van der Waals surface area contributed by atoms with E-state index >= 15 is 0 Å². The zero-order chi connectivity index (χ0) is 26.4.